The molecule has 0 spiro atoms. The first kappa shape index (κ1) is 9.07. The van der Waals surface area contributed by atoms with Crippen LogP contribution in [0.25, 0.3) is 0 Å². The predicted octanol–water partition coefficient (Wildman–Crippen LogP) is 3.44. The van der Waals surface area contributed by atoms with E-state index in [1.54, 1.807) is 0 Å². The molecule has 0 N–H and O–H groups in total. The molecule has 0 bridgehead atoms. The Bertz CT molecular complexity index is 298. The first-order chi connectivity index (χ1) is 6.29. The molecule has 1 saturated heterocycles. The highest BCUT2D eigenvalue weighted by Gasteiger charge is 2.21. The Balaban J connectivity index is 2.29. The summed E-state index contributed by atoms with van der Waals surface area (Å²) < 4.78 is 1.21. The van der Waals surface area contributed by atoms with Crippen molar-refractivity contribution in [1.82, 2.24) is 0 Å². The summed E-state index contributed by atoms with van der Waals surface area (Å²) in [6.07, 6.45) is 2.64. The van der Waals surface area contributed by atoms with Crippen molar-refractivity contribution in [2.75, 3.05) is 11.4 Å². The second-order valence-electron chi connectivity index (χ2n) is 3.64. The van der Waals surface area contributed by atoms with Gasteiger partial charge in [0.1, 0.15) is 0 Å². The Morgan fingerprint density at radius 3 is 2.77 bits per heavy atom. The summed E-state index contributed by atoms with van der Waals surface area (Å²) in [6, 6.07) is 9.16. The molecule has 1 atom stereocenters. The van der Waals surface area contributed by atoms with Crippen molar-refractivity contribution < 1.29 is 0 Å². The van der Waals surface area contributed by atoms with Crippen LogP contribution in [0, 0.1) is 0 Å². The molecule has 1 aliphatic rings. The summed E-state index contributed by atoms with van der Waals surface area (Å²) in [5, 5.41) is 0. The maximum absolute atomic E-state index is 3.59. The van der Waals surface area contributed by atoms with Gasteiger partial charge in [0.05, 0.1) is 5.69 Å². The van der Waals surface area contributed by atoms with Crippen molar-refractivity contribution in [3.8, 4) is 0 Å². The van der Waals surface area contributed by atoms with Gasteiger partial charge in [-0.3, -0.25) is 0 Å². The van der Waals surface area contributed by atoms with Gasteiger partial charge in [0, 0.05) is 17.1 Å². The number of hydrogen-bond donors (Lipinski definition) is 0. The smallest absolute Gasteiger partial charge is 0.0513 e. The minimum atomic E-state index is 0.693. The van der Waals surface area contributed by atoms with Crippen LogP contribution in [0.4, 0.5) is 5.69 Å². The molecule has 1 aromatic carbocycles. The van der Waals surface area contributed by atoms with Crippen LogP contribution in [0.15, 0.2) is 28.7 Å². The molecule has 1 unspecified atom stereocenters. The largest absolute Gasteiger partial charge is 0.368 e. The van der Waals surface area contributed by atoms with Gasteiger partial charge in [-0.1, -0.05) is 12.1 Å². The second kappa shape index (κ2) is 3.70. The molecule has 1 heterocycles. The second-order valence-corrected chi connectivity index (χ2v) is 4.49. The van der Waals surface area contributed by atoms with E-state index in [4.69, 9.17) is 0 Å². The maximum atomic E-state index is 3.59. The summed E-state index contributed by atoms with van der Waals surface area (Å²) in [7, 11) is 0. The van der Waals surface area contributed by atoms with Gasteiger partial charge in [0.25, 0.3) is 0 Å². The van der Waals surface area contributed by atoms with Crippen molar-refractivity contribution >= 4 is 21.6 Å². The lowest BCUT2D eigenvalue weighted by molar-refractivity contribution is 0.734. The lowest BCUT2D eigenvalue weighted by Crippen LogP contribution is -2.26. The van der Waals surface area contributed by atoms with E-state index in [-0.39, 0.29) is 0 Å². The zero-order valence-electron chi connectivity index (χ0n) is 7.83. The highest BCUT2D eigenvalue weighted by atomic mass is 79.9. The number of para-hydroxylation sites is 1. The molecule has 1 nitrogen and oxygen atoms in total. The highest BCUT2D eigenvalue weighted by molar-refractivity contribution is 9.10. The third-order valence-electron chi connectivity index (χ3n) is 2.71. The third-order valence-corrected chi connectivity index (χ3v) is 3.39. The molecule has 70 valence electrons. The van der Waals surface area contributed by atoms with Crippen molar-refractivity contribution in [2.24, 2.45) is 0 Å². The van der Waals surface area contributed by atoms with Crippen LogP contribution in [0.2, 0.25) is 0 Å². The molecule has 0 saturated carbocycles. The number of anilines is 1. The molecule has 1 aromatic rings. The summed E-state index contributed by atoms with van der Waals surface area (Å²) in [5.74, 6) is 0. The van der Waals surface area contributed by atoms with Crippen molar-refractivity contribution in [1.29, 1.82) is 0 Å². The standard InChI is InChI=1S/C11H14BrN/c1-9-5-4-8-13(9)11-7-3-2-6-10(11)12/h2-3,6-7,9H,4-5,8H2,1H3. The van der Waals surface area contributed by atoms with E-state index < -0.39 is 0 Å². The Morgan fingerprint density at radius 2 is 2.15 bits per heavy atom. The van der Waals surface area contributed by atoms with E-state index in [1.165, 1.54) is 29.5 Å². The van der Waals surface area contributed by atoms with Gasteiger partial charge in [0.2, 0.25) is 0 Å². The van der Waals surface area contributed by atoms with E-state index in [0.29, 0.717) is 6.04 Å². The Morgan fingerprint density at radius 1 is 1.38 bits per heavy atom. The zero-order chi connectivity index (χ0) is 9.26. The van der Waals surface area contributed by atoms with E-state index in [9.17, 15) is 0 Å². The monoisotopic (exact) mass is 239 g/mol. The number of hydrogen-bond acceptors (Lipinski definition) is 1. The molecule has 1 fully saturated rings. The minimum Gasteiger partial charge on any atom is -0.368 e. The van der Waals surface area contributed by atoms with Gasteiger partial charge < -0.3 is 4.90 Å². The average molecular weight is 240 g/mol. The van der Waals surface area contributed by atoms with Gasteiger partial charge in [-0.15, -0.1) is 0 Å². The Labute approximate surface area is 87.9 Å². The van der Waals surface area contributed by atoms with Crippen LogP contribution in [-0.4, -0.2) is 12.6 Å². The summed E-state index contributed by atoms with van der Waals surface area (Å²) >= 11 is 3.59. The average Bonchev–Trinajstić information content (AvgIpc) is 2.52. The number of halogens is 1. The topological polar surface area (TPSA) is 3.24 Å². The summed E-state index contributed by atoms with van der Waals surface area (Å²) in [4.78, 5) is 2.48. The number of rotatable bonds is 1. The zero-order valence-corrected chi connectivity index (χ0v) is 9.42. The van der Waals surface area contributed by atoms with Crippen LogP contribution in [0.5, 0.6) is 0 Å². The molecule has 0 radical (unpaired) electrons. The Kier molecular flexibility index (Phi) is 2.58. The Hall–Kier alpha value is -0.500. The van der Waals surface area contributed by atoms with E-state index in [2.05, 4.69) is 52.0 Å². The maximum Gasteiger partial charge on any atom is 0.0513 e. The number of benzene rings is 1. The van der Waals surface area contributed by atoms with Gasteiger partial charge >= 0.3 is 0 Å². The van der Waals surface area contributed by atoms with E-state index >= 15 is 0 Å². The van der Waals surface area contributed by atoms with Gasteiger partial charge in [-0.25, -0.2) is 0 Å². The predicted molar refractivity (Wildman–Crippen MR) is 60.2 cm³/mol. The van der Waals surface area contributed by atoms with Crippen LogP contribution in [0.3, 0.4) is 0 Å². The van der Waals surface area contributed by atoms with Crippen LogP contribution in [-0.2, 0) is 0 Å². The minimum absolute atomic E-state index is 0.693. The quantitative estimate of drug-likeness (QED) is 0.726. The van der Waals surface area contributed by atoms with Crippen LogP contribution >= 0.6 is 15.9 Å². The molecule has 2 rings (SSSR count). The summed E-state index contributed by atoms with van der Waals surface area (Å²) in [6.45, 7) is 3.50. The van der Waals surface area contributed by atoms with Crippen molar-refractivity contribution in [3.63, 3.8) is 0 Å². The SMILES string of the molecule is CC1CCCN1c1ccccc1Br. The normalized spacial score (nSPS) is 22.3. The van der Waals surface area contributed by atoms with Gasteiger partial charge in [0.15, 0.2) is 0 Å². The van der Waals surface area contributed by atoms with E-state index in [0.717, 1.165) is 0 Å². The first-order valence-electron chi connectivity index (χ1n) is 4.80. The van der Waals surface area contributed by atoms with E-state index in [1.807, 2.05) is 0 Å². The molecule has 2 heteroatoms. The highest BCUT2D eigenvalue weighted by Crippen LogP contribution is 2.31. The van der Waals surface area contributed by atoms with Gasteiger partial charge in [-0.05, 0) is 47.8 Å². The molecule has 0 amide bonds. The van der Waals surface area contributed by atoms with Crippen LogP contribution in [0.1, 0.15) is 19.8 Å². The molecular weight excluding hydrogens is 226 g/mol. The van der Waals surface area contributed by atoms with Gasteiger partial charge in [-0.2, -0.15) is 0 Å². The van der Waals surface area contributed by atoms with Crippen LogP contribution < -0.4 is 4.90 Å². The lowest BCUT2D eigenvalue weighted by atomic mass is 10.2. The molecule has 13 heavy (non-hydrogen) atoms. The fraction of sp³-hybridized carbons (Fsp3) is 0.455. The third kappa shape index (κ3) is 1.73. The lowest BCUT2D eigenvalue weighted by Gasteiger charge is -2.24. The summed E-state index contributed by atoms with van der Waals surface area (Å²) in [5.41, 5.74) is 1.34. The molecule has 0 aromatic heterocycles. The molecular formula is C11H14BrN. The fourth-order valence-corrected chi connectivity index (χ4v) is 2.49. The fourth-order valence-electron chi connectivity index (χ4n) is 1.98. The first-order valence-corrected chi connectivity index (χ1v) is 5.59. The van der Waals surface area contributed by atoms with Crippen molar-refractivity contribution in [3.05, 3.63) is 28.7 Å². The van der Waals surface area contributed by atoms with Crippen molar-refractivity contribution in [2.45, 2.75) is 25.8 Å². The number of nitrogens with zero attached hydrogens (tertiary/aromatic N) is 1. The molecule has 1 aliphatic heterocycles. The molecule has 0 aliphatic carbocycles.